The zero-order valence-electron chi connectivity index (χ0n) is 13.0. The van der Waals surface area contributed by atoms with Crippen LogP contribution in [-0.4, -0.2) is 30.8 Å². The monoisotopic (exact) mass is 309 g/mol. The van der Waals surface area contributed by atoms with E-state index in [1.54, 1.807) is 23.9 Å². The van der Waals surface area contributed by atoms with Crippen molar-refractivity contribution < 1.29 is 14.3 Å². The second-order valence-corrected chi connectivity index (χ2v) is 6.47. The summed E-state index contributed by atoms with van der Waals surface area (Å²) in [5.74, 6) is 0.622. The van der Waals surface area contributed by atoms with Crippen molar-refractivity contribution >= 4 is 23.6 Å². The molecule has 1 amide bonds. The third kappa shape index (κ3) is 5.79. The standard InChI is InChI=1S/C16H23NO3S/c1-5-21-13-8-6-12(7-9-13)15(18)17-14(10-11(2)3)16(19)20-4/h6-9,11,14H,5,10H2,1-4H3,(H,17,18). The summed E-state index contributed by atoms with van der Waals surface area (Å²) in [6.45, 7) is 6.08. The SMILES string of the molecule is CCSc1ccc(C(=O)NC(CC(C)C)C(=O)OC)cc1. The highest BCUT2D eigenvalue weighted by atomic mass is 32.2. The molecule has 4 nitrogen and oxygen atoms in total. The van der Waals surface area contributed by atoms with Crippen molar-refractivity contribution in [1.82, 2.24) is 5.32 Å². The summed E-state index contributed by atoms with van der Waals surface area (Å²) < 4.78 is 4.74. The molecule has 116 valence electrons. The first kappa shape index (κ1) is 17.6. The van der Waals surface area contributed by atoms with E-state index in [4.69, 9.17) is 4.74 Å². The Bertz CT molecular complexity index is 471. The molecule has 1 rings (SSSR count). The van der Waals surface area contributed by atoms with Crippen LogP contribution in [0.2, 0.25) is 0 Å². The van der Waals surface area contributed by atoms with Crippen molar-refractivity contribution in [3.8, 4) is 0 Å². The van der Waals surface area contributed by atoms with Gasteiger partial charge in [-0.15, -0.1) is 11.8 Å². The largest absolute Gasteiger partial charge is 0.467 e. The van der Waals surface area contributed by atoms with E-state index in [1.165, 1.54) is 7.11 Å². The Morgan fingerprint density at radius 3 is 2.33 bits per heavy atom. The van der Waals surface area contributed by atoms with Crippen molar-refractivity contribution in [1.29, 1.82) is 0 Å². The number of benzene rings is 1. The number of hydrogen-bond acceptors (Lipinski definition) is 4. The van der Waals surface area contributed by atoms with Crippen molar-refractivity contribution in [2.75, 3.05) is 12.9 Å². The van der Waals surface area contributed by atoms with Crippen LogP contribution in [0.1, 0.15) is 37.6 Å². The lowest BCUT2D eigenvalue weighted by Crippen LogP contribution is -2.42. The number of amides is 1. The quantitative estimate of drug-likeness (QED) is 0.621. The van der Waals surface area contributed by atoms with E-state index in [2.05, 4.69) is 12.2 Å². The number of thioether (sulfide) groups is 1. The van der Waals surface area contributed by atoms with Crippen LogP contribution in [0, 0.1) is 5.92 Å². The molecule has 0 saturated heterocycles. The normalized spacial score (nSPS) is 12.0. The number of rotatable bonds is 7. The molecular weight excluding hydrogens is 286 g/mol. The molecule has 0 saturated carbocycles. The van der Waals surface area contributed by atoms with Gasteiger partial charge in [0.25, 0.3) is 5.91 Å². The first-order valence-electron chi connectivity index (χ1n) is 7.09. The van der Waals surface area contributed by atoms with Crippen LogP contribution in [0.5, 0.6) is 0 Å². The topological polar surface area (TPSA) is 55.4 Å². The van der Waals surface area contributed by atoms with E-state index in [9.17, 15) is 9.59 Å². The Morgan fingerprint density at radius 1 is 1.24 bits per heavy atom. The fourth-order valence-electron chi connectivity index (χ4n) is 1.94. The lowest BCUT2D eigenvalue weighted by molar-refractivity contribution is -0.143. The predicted octanol–water partition coefficient (Wildman–Crippen LogP) is 3.12. The lowest BCUT2D eigenvalue weighted by atomic mass is 10.0. The van der Waals surface area contributed by atoms with Crippen LogP contribution in [0.15, 0.2) is 29.2 Å². The number of methoxy groups -OCH3 is 1. The highest BCUT2D eigenvalue weighted by Gasteiger charge is 2.23. The van der Waals surface area contributed by atoms with Gasteiger partial charge in [0.05, 0.1) is 7.11 Å². The van der Waals surface area contributed by atoms with Gasteiger partial charge in [0.1, 0.15) is 6.04 Å². The van der Waals surface area contributed by atoms with Gasteiger partial charge in [-0.2, -0.15) is 0 Å². The number of carbonyl (C=O) groups excluding carboxylic acids is 2. The summed E-state index contributed by atoms with van der Waals surface area (Å²) in [6, 6.07) is 6.78. The summed E-state index contributed by atoms with van der Waals surface area (Å²) >= 11 is 1.72. The van der Waals surface area contributed by atoms with Gasteiger partial charge in [0, 0.05) is 10.5 Å². The summed E-state index contributed by atoms with van der Waals surface area (Å²) in [7, 11) is 1.33. The van der Waals surface area contributed by atoms with Gasteiger partial charge < -0.3 is 10.1 Å². The molecule has 1 aromatic carbocycles. The molecule has 0 heterocycles. The maximum atomic E-state index is 12.2. The molecule has 0 fully saturated rings. The first-order chi connectivity index (χ1) is 9.97. The second kappa shape index (κ2) is 8.72. The minimum absolute atomic E-state index is 0.251. The fraction of sp³-hybridized carbons (Fsp3) is 0.500. The van der Waals surface area contributed by atoms with Crippen LogP contribution in [0.25, 0.3) is 0 Å². The molecule has 1 N–H and O–H groups in total. The zero-order valence-corrected chi connectivity index (χ0v) is 13.8. The smallest absolute Gasteiger partial charge is 0.328 e. The molecule has 5 heteroatoms. The molecule has 21 heavy (non-hydrogen) atoms. The van der Waals surface area contributed by atoms with Crippen LogP contribution in [0.3, 0.4) is 0 Å². The van der Waals surface area contributed by atoms with Gasteiger partial charge >= 0.3 is 5.97 Å². The number of hydrogen-bond donors (Lipinski definition) is 1. The average Bonchev–Trinajstić information content (AvgIpc) is 2.46. The van der Waals surface area contributed by atoms with Crippen LogP contribution >= 0.6 is 11.8 Å². The molecule has 1 unspecified atom stereocenters. The van der Waals surface area contributed by atoms with E-state index in [0.29, 0.717) is 12.0 Å². The summed E-state index contributed by atoms with van der Waals surface area (Å²) in [5.41, 5.74) is 0.549. The highest BCUT2D eigenvalue weighted by Crippen LogP contribution is 2.18. The third-order valence-electron chi connectivity index (χ3n) is 2.93. The lowest BCUT2D eigenvalue weighted by Gasteiger charge is -2.18. The number of esters is 1. The molecule has 0 aliphatic rings. The minimum atomic E-state index is -0.604. The van der Waals surface area contributed by atoms with Crippen LogP contribution in [-0.2, 0) is 9.53 Å². The molecule has 0 radical (unpaired) electrons. The van der Waals surface area contributed by atoms with Gasteiger partial charge in [-0.3, -0.25) is 4.79 Å². The highest BCUT2D eigenvalue weighted by molar-refractivity contribution is 7.99. The van der Waals surface area contributed by atoms with Crippen molar-refractivity contribution in [2.24, 2.45) is 5.92 Å². The summed E-state index contributed by atoms with van der Waals surface area (Å²) in [4.78, 5) is 25.0. The Labute approximate surface area is 130 Å². The Morgan fingerprint density at radius 2 is 1.86 bits per heavy atom. The van der Waals surface area contributed by atoms with Gasteiger partial charge in [0.2, 0.25) is 0 Å². The molecule has 0 aliphatic heterocycles. The van der Waals surface area contributed by atoms with Crippen molar-refractivity contribution in [3.05, 3.63) is 29.8 Å². The van der Waals surface area contributed by atoms with Gasteiger partial charge in [-0.25, -0.2) is 4.79 Å². The Kier molecular flexibility index (Phi) is 7.29. The van der Waals surface area contributed by atoms with Gasteiger partial charge in [0.15, 0.2) is 0 Å². The van der Waals surface area contributed by atoms with Crippen LogP contribution < -0.4 is 5.32 Å². The third-order valence-corrected chi connectivity index (χ3v) is 3.82. The molecular formula is C16H23NO3S. The van der Waals surface area contributed by atoms with E-state index >= 15 is 0 Å². The van der Waals surface area contributed by atoms with E-state index in [1.807, 2.05) is 26.0 Å². The summed E-state index contributed by atoms with van der Waals surface area (Å²) in [6.07, 6.45) is 0.558. The molecule has 0 aromatic heterocycles. The van der Waals surface area contributed by atoms with E-state index in [0.717, 1.165) is 10.6 Å². The number of ether oxygens (including phenoxy) is 1. The fourth-order valence-corrected chi connectivity index (χ4v) is 2.60. The maximum absolute atomic E-state index is 12.2. The molecule has 0 spiro atoms. The van der Waals surface area contributed by atoms with Gasteiger partial charge in [-0.1, -0.05) is 20.8 Å². The van der Waals surface area contributed by atoms with Gasteiger partial charge in [-0.05, 0) is 42.4 Å². The van der Waals surface area contributed by atoms with Crippen molar-refractivity contribution in [3.63, 3.8) is 0 Å². The maximum Gasteiger partial charge on any atom is 0.328 e. The van der Waals surface area contributed by atoms with Crippen molar-refractivity contribution in [2.45, 2.75) is 38.1 Å². The average molecular weight is 309 g/mol. The number of nitrogens with one attached hydrogen (secondary N) is 1. The number of carbonyl (C=O) groups is 2. The minimum Gasteiger partial charge on any atom is -0.467 e. The summed E-state index contributed by atoms with van der Waals surface area (Å²) in [5, 5.41) is 2.75. The molecule has 0 aliphatic carbocycles. The van der Waals surface area contributed by atoms with E-state index < -0.39 is 12.0 Å². The molecule has 1 aromatic rings. The Balaban J connectivity index is 2.74. The second-order valence-electron chi connectivity index (χ2n) is 5.14. The zero-order chi connectivity index (χ0) is 15.8. The van der Waals surface area contributed by atoms with E-state index in [-0.39, 0.29) is 11.8 Å². The Hall–Kier alpha value is -1.49. The first-order valence-corrected chi connectivity index (χ1v) is 8.08. The van der Waals surface area contributed by atoms with Crippen LogP contribution in [0.4, 0.5) is 0 Å². The molecule has 0 bridgehead atoms. The predicted molar refractivity (Wildman–Crippen MR) is 85.6 cm³/mol. The molecule has 1 atom stereocenters.